The molecule has 0 bridgehead atoms. The summed E-state index contributed by atoms with van der Waals surface area (Å²) in [5.74, 6) is 0. The first-order chi connectivity index (χ1) is 6.07. The maximum atomic E-state index is 4.48. The van der Waals surface area contributed by atoms with E-state index in [-0.39, 0.29) is 5.41 Å². The van der Waals surface area contributed by atoms with Crippen LogP contribution in [-0.2, 0) is 5.41 Å². The van der Waals surface area contributed by atoms with E-state index >= 15 is 0 Å². The molecule has 2 aromatic heterocycles. The fourth-order valence-corrected chi connectivity index (χ4v) is 1.95. The monoisotopic (exact) mass is 193 g/mol. The van der Waals surface area contributed by atoms with Crippen molar-refractivity contribution < 1.29 is 0 Å². The lowest BCUT2D eigenvalue weighted by Crippen LogP contribution is -2.09. The Kier molecular flexibility index (Phi) is 1.80. The van der Waals surface area contributed by atoms with E-state index in [9.17, 15) is 0 Å². The van der Waals surface area contributed by atoms with Crippen molar-refractivity contribution in [1.29, 1.82) is 0 Å². The molecule has 0 N–H and O–H groups in total. The number of rotatable bonds is 0. The van der Waals surface area contributed by atoms with Gasteiger partial charge >= 0.3 is 0 Å². The highest BCUT2D eigenvalue weighted by Crippen LogP contribution is 2.29. The Labute approximate surface area is 80.9 Å². The highest BCUT2D eigenvalue weighted by molar-refractivity contribution is 7.18. The maximum absolute atomic E-state index is 4.48. The third kappa shape index (κ3) is 1.54. The lowest BCUT2D eigenvalue weighted by atomic mass is 9.98. The van der Waals surface area contributed by atoms with Gasteiger partial charge in [0, 0.05) is 5.41 Å². The van der Waals surface area contributed by atoms with E-state index in [0.29, 0.717) is 0 Å². The molecule has 0 unspecified atom stereocenters. The van der Waals surface area contributed by atoms with E-state index in [4.69, 9.17) is 0 Å². The lowest BCUT2D eigenvalue weighted by molar-refractivity contribution is 0.587. The van der Waals surface area contributed by atoms with Crippen LogP contribution in [0.1, 0.15) is 25.8 Å². The molecule has 0 atom stereocenters. The van der Waals surface area contributed by atoms with Crippen molar-refractivity contribution in [2.24, 2.45) is 0 Å². The van der Waals surface area contributed by atoms with E-state index in [2.05, 4.69) is 35.7 Å². The molecule has 68 valence electrons. The van der Waals surface area contributed by atoms with Crippen LogP contribution >= 0.6 is 11.3 Å². The molecule has 3 nitrogen and oxygen atoms in total. The molecule has 0 saturated heterocycles. The Morgan fingerprint density at radius 2 is 2.08 bits per heavy atom. The summed E-state index contributed by atoms with van der Waals surface area (Å²) >= 11 is 1.64. The minimum Gasteiger partial charge on any atom is -0.242 e. The second kappa shape index (κ2) is 2.73. The number of aromatic nitrogens is 3. The third-order valence-corrected chi connectivity index (χ3v) is 3.12. The molecule has 0 aliphatic carbocycles. The minimum absolute atomic E-state index is 0.103. The van der Waals surface area contributed by atoms with Crippen LogP contribution in [0.4, 0.5) is 0 Å². The van der Waals surface area contributed by atoms with Crippen molar-refractivity contribution in [2.45, 2.75) is 26.2 Å². The van der Waals surface area contributed by atoms with Crippen LogP contribution in [0.15, 0.2) is 12.5 Å². The topological polar surface area (TPSA) is 38.7 Å². The normalized spacial score (nSPS) is 12.2. The molecule has 4 heteroatoms. The van der Waals surface area contributed by atoms with Gasteiger partial charge in [-0.05, 0) is 0 Å². The van der Waals surface area contributed by atoms with Gasteiger partial charge in [0.15, 0.2) is 0 Å². The van der Waals surface area contributed by atoms with E-state index in [1.54, 1.807) is 23.9 Å². The molecule has 0 aliphatic rings. The van der Waals surface area contributed by atoms with Crippen LogP contribution < -0.4 is 0 Å². The van der Waals surface area contributed by atoms with E-state index in [1.165, 1.54) is 0 Å². The molecule has 0 aliphatic heterocycles. The van der Waals surface area contributed by atoms with Crippen LogP contribution in [0.25, 0.3) is 10.3 Å². The summed E-state index contributed by atoms with van der Waals surface area (Å²) < 4.78 is 0. The Morgan fingerprint density at radius 3 is 2.69 bits per heavy atom. The second-order valence-electron chi connectivity index (χ2n) is 3.98. The molecular formula is C9H11N3S. The quantitative estimate of drug-likeness (QED) is 0.644. The first-order valence-corrected chi connectivity index (χ1v) is 4.96. The summed E-state index contributed by atoms with van der Waals surface area (Å²) in [5, 5.41) is 1.11. The summed E-state index contributed by atoms with van der Waals surface area (Å²) in [6.45, 7) is 6.45. The van der Waals surface area contributed by atoms with E-state index < -0.39 is 0 Å². The van der Waals surface area contributed by atoms with Gasteiger partial charge in [-0.2, -0.15) is 0 Å². The number of thiazole rings is 1. The zero-order chi connectivity index (χ0) is 9.47. The molecule has 0 fully saturated rings. The fraction of sp³-hybridized carbons (Fsp3) is 0.444. The highest BCUT2D eigenvalue weighted by Gasteiger charge is 2.18. The number of fused-ring (bicyclic) bond motifs is 1. The van der Waals surface area contributed by atoms with Gasteiger partial charge in [0.1, 0.15) is 21.7 Å². The zero-order valence-electron chi connectivity index (χ0n) is 7.90. The van der Waals surface area contributed by atoms with Gasteiger partial charge in [0.25, 0.3) is 0 Å². The second-order valence-corrected chi connectivity index (χ2v) is 4.96. The predicted molar refractivity (Wildman–Crippen MR) is 53.9 cm³/mol. The van der Waals surface area contributed by atoms with Crippen molar-refractivity contribution in [2.75, 3.05) is 0 Å². The number of hydrogen-bond acceptors (Lipinski definition) is 4. The molecule has 0 aromatic carbocycles. The molecule has 0 spiro atoms. The Morgan fingerprint density at radius 1 is 1.31 bits per heavy atom. The maximum Gasteiger partial charge on any atom is 0.146 e. The SMILES string of the molecule is CC(C)(C)c1nc2cncnc2s1. The molecule has 2 heterocycles. The molecule has 0 radical (unpaired) electrons. The van der Waals surface area contributed by atoms with Gasteiger partial charge in [-0.15, -0.1) is 0 Å². The van der Waals surface area contributed by atoms with Crippen molar-refractivity contribution in [3.63, 3.8) is 0 Å². The zero-order valence-corrected chi connectivity index (χ0v) is 8.72. The summed E-state index contributed by atoms with van der Waals surface area (Å²) in [7, 11) is 0. The van der Waals surface area contributed by atoms with Gasteiger partial charge < -0.3 is 0 Å². The molecule has 2 aromatic rings. The standard InChI is InChI=1S/C9H11N3S/c1-9(2,3)8-12-6-4-10-5-11-7(6)13-8/h4-5H,1-3H3. The lowest BCUT2D eigenvalue weighted by Gasteiger charge is -2.12. The smallest absolute Gasteiger partial charge is 0.146 e. The van der Waals surface area contributed by atoms with Gasteiger partial charge in [0.05, 0.1) is 6.20 Å². The summed E-state index contributed by atoms with van der Waals surface area (Å²) in [6.07, 6.45) is 3.32. The van der Waals surface area contributed by atoms with Crippen molar-refractivity contribution >= 4 is 21.7 Å². The van der Waals surface area contributed by atoms with Gasteiger partial charge in [0.2, 0.25) is 0 Å². The van der Waals surface area contributed by atoms with Gasteiger partial charge in [-0.1, -0.05) is 32.1 Å². The first kappa shape index (κ1) is 8.56. The van der Waals surface area contributed by atoms with E-state index in [1.807, 2.05) is 0 Å². The number of hydrogen-bond donors (Lipinski definition) is 0. The van der Waals surface area contributed by atoms with Crippen LogP contribution in [0.5, 0.6) is 0 Å². The first-order valence-electron chi connectivity index (χ1n) is 4.14. The van der Waals surface area contributed by atoms with Gasteiger partial charge in [-0.3, -0.25) is 0 Å². The largest absolute Gasteiger partial charge is 0.242 e. The summed E-state index contributed by atoms with van der Waals surface area (Å²) in [6, 6.07) is 0. The highest BCUT2D eigenvalue weighted by atomic mass is 32.1. The molecular weight excluding hydrogens is 182 g/mol. The van der Waals surface area contributed by atoms with Crippen LogP contribution in [0.3, 0.4) is 0 Å². The number of nitrogens with zero attached hydrogens (tertiary/aromatic N) is 3. The van der Waals surface area contributed by atoms with Crippen LogP contribution in [-0.4, -0.2) is 15.0 Å². The average Bonchev–Trinajstić information content (AvgIpc) is 2.45. The summed E-state index contributed by atoms with van der Waals surface area (Å²) in [5.41, 5.74) is 1.00. The molecule has 0 saturated carbocycles. The van der Waals surface area contributed by atoms with Crippen LogP contribution in [0.2, 0.25) is 0 Å². The molecule has 2 rings (SSSR count). The van der Waals surface area contributed by atoms with E-state index in [0.717, 1.165) is 15.4 Å². The third-order valence-electron chi connectivity index (χ3n) is 1.71. The van der Waals surface area contributed by atoms with Gasteiger partial charge in [-0.25, -0.2) is 15.0 Å². The Balaban J connectivity index is 2.63. The van der Waals surface area contributed by atoms with Crippen LogP contribution in [0, 0.1) is 0 Å². The Hall–Kier alpha value is -1.03. The predicted octanol–water partition coefficient (Wildman–Crippen LogP) is 2.38. The van der Waals surface area contributed by atoms with Crippen molar-refractivity contribution in [3.8, 4) is 0 Å². The summed E-state index contributed by atoms with van der Waals surface area (Å²) in [4.78, 5) is 13.6. The Bertz CT molecular complexity index is 395. The van der Waals surface area contributed by atoms with Crippen molar-refractivity contribution in [3.05, 3.63) is 17.5 Å². The van der Waals surface area contributed by atoms with Crippen molar-refractivity contribution in [1.82, 2.24) is 15.0 Å². The minimum atomic E-state index is 0.103. The molecule has 13 heavy (non-hydrogen) atoms. The molecule has 0 amide bonds. The average molecular weight is 193 g/mol. The fourth-order valence-electron chi connectivity index (χ4n) is 1.01.